The van der Waals surface area contributed by atoms with Crippen LogP contribution in [0.4, 0.5) is 5.69 Å². The van der Waals surface area contributed by atoms with Crippen molar-refractivity contribution in [2.24, 2.45) is 0 Å². The number of anilines is 1. The van der Waals surface area contributed by atoms with Gasteiger partial charge >= 0.3 is 0 Å². The van der Waals surface area contributed by atoms with E-state index in [-0.39, 0.29) is 11.7 Å². The molecule has 4 heteroatoms. The maximum absolute atomic E-state index is 11.4. The molecule has 0 aliphatic rings. The maximum Gasteiger partial charge on any atom is 0.219 e. The topological polar surface area (TPSA) is 75.4 Å². The van der Waals surface area contributed by atoms with Gasteiger partial charge in [0.25, 0.3) is 0 Å². The van der Waals surface area contributed by atoms with Crippen molar-refractivity contribution in [2.45, 2.75) is 26.2 Å². The fourth-order valence-electron chi connectivity index (χ4n) is 2.38. The largest absolute Gasteiger partial charge is 0.505 e. The molecule has 0 aliphatic heterocycles. The van der Waals surface area contributed by atoms with Crippen LogP contribution in [0.2, 0.25) is 0 Å². The normalized spacial score (nSPS) is 10.4. The molecule has 0 radical (unpaired) electrons. The minimum absolute atomic E-state index is 0.0378. The number of rotatable bonds is 6. The van der Waals surface area contributed by atoms with Crippen molar-refractivity contribution in [1.82, 2.24) is 5.32 Å². The van der Waals surface area contributed by atoms with Gasteiger partial charge in [-0.2, -0.15) is 0 Å². The SMILES string of the molecule is CCCC(=O)NCCc1ccc(-c2ccccc2)c(N)c1O. The molecular weight excluding hydrogens is 276 g/mol. The van der Waals surface area contributed by atoms with Crippen molar-refractivity contribution in [2.75, 3.05) is 12.3 Å². The van der Waals surface area contributed by atoms with Gasteiger partial charge in [0.05, 0.1) is 5.69 Å². The van der Waals surface area contributed by atoms with Gasteiger partial charge in [-0.3, -0.25) is 4.79 Å². The van der Waals surface area contributed by atoms with Crippen LogP contribution < -0.4 is 11.1 Å². The molecule has 0 aliphatic carbocycles. The van der Waals surface area contributed by atoms with Crippen LogP contribution in [0.15, 0.2) is 42.5 Å². The zero-order chi connectivity index (χ0) is 15.9. The van der Waals surface area contributed by atoms with Crippen LogP contribution in [-0.2, 0) is 11.2 Å². The highest BCUT2D eigenvalue weighted by Crippen LogP contribution is 2.35. The number of carbonyl (C=O) groups is 1. The van der Waals surface area contributed by atoms with Crippen LogP contribution in [0.25, 0.3) is 11.1 Å². The number of benzene rings is 2. The summed E-state index contributed by atoms with van der Waals surface area (Å²) in [6.07, 6.45) is 1.91. The second kappa shape index (κ2) is 7.50. The Morgan fingerprint density at radius 2 is 1.91 bits per heavy atom. The summed E-state index contributed by atoms with van der Waals surface area (Å²) in [5, 5.41) is 13.1. The summed E-state index contributed by atoms with van der Waals surface area (Å²) in [4.78, 5) is 11.4. The number of nitrogen functional groups attached to an aromatic ring is 1. The number of phenols is 1. The van der Waals surface area contributed by atoms with Crippen LogP contribution in [0.1, 0.15) is 25.3 Å². The monoisotopic (exact) mass is 298 g/mol. The van der Waals surface area contributed by atoms with Crippen LogP contribution in [-0.4, -0.2) is 17.6 Å². The van der Waals surface area contributed by atoms with Gasteiger partial charge in [-0.25, -0.2) is 0 Å². The average molecular weight is 298 g/mol. The number of hydrogen-bond acceptors (Lipinski definition) is 3. The number of nitrogens with one attached hydrogen (secondary N) is 1. The predicted molar refractivity (Wildman–Crippen MR) is 89.6 cm³/mol. The van der Waals surface area contributed by atoms with E-state index in [0.29, 0.717) is 25.1 Å². The van der Waals surface area contributed by atoms with E-state index in [2.05, 4.69) is 5.32 Å². The molecule has 0 heterocycles. The van der Waals surface area contributed by atoms with Gasteiger partial charge in [0.1, 0.15) is 5.75 Å². The number of amides is 1. The summed E-state index contributed by atoms with van der Waals surface area (Å²) < 4.78 is 0. The molecule has 22 heavy (non-hydrogen) atoms. The van der Waals surface area contributed by atoms with Gasteiger partial charge in [0.2, 0.25) is 5.91 Å². The zero-order valence-electron chi connectivity index (χ0n) is 12.8. The van der Waals surface area contributed by atoms with Gasteiger partial charge in [0, 0.05) is 18.5 Å². The molecule has 0 atom stereocenters. The molecule has 4 N–H and O–H groups in total. The van der Waals surface area contributed by atoms with Crippen molar-refractivity contribution >= 4 is 11.6 Å². The maximum atomic E-state index is 11.4. The lowest BCUT2D eigenvalue weighted by Gasteiger charge is -2.12. The van der Waals surface area contributed by atoms with Crippen LogP contribution in [0, 0.1) is 0 Å². The highest BCUT2D eigenvalue weighted by atomic mass is 16.3. The van der Waals surface area contributed by atoms with Crippen molar-refractivity contribution in [1.29, 1.82) is 0 Å². The fraction of sp³-hybridized carbons (Fsp3) is 0.278. The standard InChI is InChI=1S/C18H22N2O2/c1-2-6-16(21)20-12-11-14-9-10-15(17(19)18(14)22)13-7-4-3-5-8-13/h3-5,7-10,22H,2,6,11-12,19H2,1H3,(H,20,21). The number of aromatic hydroxyl groups is 1. The Balaban J connectivity index is 2.09. The summed E-state index contributed by atoms with van der Waals surface area (Å²) in [7, 11) is 0. The summed E-state index contributed by atoms with van der Waals surface area (Å²) in [6, 6.07) is 13.5. The molecule has 0 fully saturated rings. The van der Waals surface area contributed by atoms with Crippen molar-refractivity contribution in [3.63, 3.8) is 0 Å². The van der Waals surface area contributed by atoms with E-state index in [4.69, 9.17) is 5.73 Å². The molecular formula is C18H22N2O2. The van der Waals surface area contributed by atoms with Crippen molar-refractivity contribution in [3.05, 3.63) is 48.0 Å². The van der Waals surface area contributed by atoms with Gasteiger partial charge in [-0.05, 0) is 24.0 Å². The van der Waals surface area contributed by atoms with Crippen molar-refractivity contribution < 1.29 is 9.90 Å². The third kappa shape index (κ3) is 3.79. The highest BCUT2D eigenvalue weighted by molar-refractivity contribution is 5.81. The first-order valence-corrected chi connectivity index (χ1v) is 7.56. The molecule has 1 amide bonds. The number of carbonyl (C=O) groups excluding carboxylic acids is 1. The molecule has 116 valence electrons. The van der Waals surface area contributed by atoms with Gasteiger partial charge in [0.15, 0.2) is 0 Å². The molecule has 4 nitrogen and oxygen atoms in total. The van der Waals surface area contributed by atoms with Crippen LogP contribution in [0.5, 0.6) is 5.75 Å². The van der Waals surface area contributed by atoms with E-state index in [9.17, 15) is 9.90 Å². The number of phenolic OH excluding ortho intramolecular Hbond substituents is 1. The van der Waals surface area contributed by atoms with Gasteiger partial charge in [-0.1, -0.05) is 49.4 Å². The fourth-order valence-corrected chi connectivity index (χ4v) is 2.38. The quantitative estimate of drug-likeness (QED) is 0.566. The molecule has 0 spiro atoms. The lowest BCUT2D eigenvalue weighted by atomic mass is 9.99. The smallest absolute Gasteiger partial charge is 0.219 e. The molecule has 2 aromatic carbocycles. The van der Waals surface area contributed by atoms with Gasteiger partial charge in [-0.15, -0.1) is 0 Å². The Kier molecular flexibility index (Phi) is 5.42. The minimum atomic E-state index is 0.0378. The van der Waals surface area contributed by atoms with E-state index in [1.807, 2.05) is 49.4 Å². The molecule has 0 aromatic heterocycles. The second-order valence-corrected chi connectivity index (χ2v) is 5.25. The third-order valence-electron chi connectivity index (χ3n) is 3.58. The Bertz CT molecular complexity index is 639. The third-order valence-corrected chi connectivity index (χ3v) is 3.58. The molecule has 0 bridgehead atoms. The Morgan fingerprint density at radius 3 is 2.59 bits per heavy atom. The highest BCUT2D eigenvalue weighted by Gasteiger charge is 2.11. The predicted octanol–water partition coefficient (Wildman–Crippen LogP) is 3.10. The summed E-state index contributed by atoms with van der Waals surface area (Å²) in [6.45, 7) is 2.46. The van der Waals surface area contributed by atoms with Crippen LogP contribution in [0.3, 0.4) is 0 Å². The number of hydrogen-bond donors (Lipinski definition) is 3. The summed E-state index contributed by atoms with van der Waals surface area (Å²) in [5.74, 6) is 0.141. The Labute approximate surface area is 131 Å². The first-order chi connectivity index (χ1) is 10.6. The Hall–Kier alpha value is -2.49. The lowest BCUT2D eigenvalue weighted by molar-refractivity contribution is -0.121. The molecule has 2 aromatic rings. The first-order valence-electron chi connectivity index (χ1n) is 7.56. The minimum Gasteiger partial charge on any atom is -0.505 e. The Morgan fingerprint density at radius 1 is 1.18 bits per heavy atom. The van der Waals surface area contributed by atoms with E-state index in [1.165, 1.54) is 0 Å². The molecule has 0 unspecified atom stereocenters. The van der Waals surface area contributed by atoms with E-state index < -0.39 is 0 Å². The summed E-state index contributed by atoms with van der Waals surface area (Å²) in [5.41, 5.74) is 8.97. The first kappa shape index (κ1) is 15.9. The van der Waals surface area contributed by atoms with E-state index >= 15 is 0 Å². The van der Waals surface area contributed by atoms with Gasteiger partial charge < -0.3 is 16.2 Å². The average Bonchev–Trinajstić information content (AvgIpc) is 2.53. The zero-order valence-corrected chi connectivity index (χ0v) is 12.8. The molecule has 0 saturated carbocycles. The molecule has 0 saturated heterocycles. The lowest BCUT2D eigenvalue weighted by Crippen LogP contribution is -2.25. The number of nitrogens with two attached hydrogens (primary N) is 1. The molecule has 2 rings (SSSR count). The van der Waals surface area contributed by atoms with E-state index in [0.717, 1.165) is 23.1 Å². The van der Waals surface area contributed by atoms with E-state index in [1.54, 1.807) is 0 Å². The van der Waals surface area contributed by atoms with Crippen molar-refractivity contribution in [3.8, 4) is 16.9 Å². The summed E-state index contributed by atoms with van der Waals surface area (Å²) >= 11 is 0. The van der Waals surface area contributed by atoms with Crippen LogP contribution >= 0.6 is 0 Å². The second-order valence-electron chi connectivity index (χ2n) is 5.25.